The molecule has 1 N–H and O–H groups in total. The molecular weight excluding hydrogens is 301 g/mol. The Morgan fingerprint density at radius 2 is 2.29 bits per heavy atom. The predicted molar refractivity (Wildman–Crippen MR) is 76.6 cm³/mol. The molecule has 1 aromatic heterocycles. The zero-order valence-electron chi connectivity index (χ0n) is 11.8. The van der Waals surface area contributed by atoms with E-state index in [4.69, 9.17) is 16.3 Å². The first-order valence-corrected chi connectivity index (χ1v) is 6.22. The summed E-state index contributed by atoms with van der Waals surface area (Å²) in [7, 11) is 0. The van der Waals surface area contributed by atoms with Crippen LogP contribution in [-0.2, 0) is 4.74 Å². The zero-order chi connectivity index (χ0) is 16.0. The molecule has 0 saturated carbocycles. The number of aliphatic imine (C=N–C) groups is 1. The lowest BCUT2D eigenvalue weighted by atomic mass is 10.2. The van der Waals surface area contributed by atoms with Crippen molar-refractivity contribution in [3.8, 4) is 0 Å². The molecule has 0 bridgehead atoms. The Balaban J connectivity index is 2.71. The Morgan fingerprint density at radius 3 is 2.86 bits per heavy atom. The third kappa shape index (κ3) is 5.74. The lowest BCUT2D eigenvalue weighted by Gasteiger charge is -2.24. The molecule has 0 spiro atoms. The molecule has 0 atom stereocenters. The average molecular weight is 316 g/mol. The average Bonchev–Trinajstić information content (AvgIpc) is 2.36. The van der Waals surface area contributed by atoms with E-state index in [0.29, 0.717) is 0 Å². The number of hydrazine groups is 1. The fraction of sp³-hybridized carbons (Fsp3) is 0.333. The third-order valence-electron chi connectivity index (χ3n) is 1.85. The molecule has 7 nitrogen and oxygen atoms in total. The lowest BCUT2D eigenvalue weighted by molar-refractivity contribution is 0.0297. The monoisotopic (exact) mass is 315 g/mol. The van der Waals surface area contributed by atoms with Gasteiger partial charge in [-0.05, 0) is 32.4 Å². The van der Waals surface area contributed by atoms with Crippen LogP contribution in [0.3, 0.4) is 0 Å². The van der Waals surface area contributed by atoms with Gasteiger partial charge in [0, 0.05) is 6.20 Å². The molecule has 114 valence electrons. The van der Waals surface area contributed by atoms with Crippen molar-refractivity contribution in [3.05, 3.63) is 30.1 Å². The minimum absolute atomic E-state index is 0.142. The van der Waals surface area contributed by atoms with Crippen molar-refractivity contribution in [2.24, 2.45) is 4.99 Å². The number of aromatic nitrogens is 2. The highest BCUT2D eigenvalue weighted by molar-refractivity contribution is 6.28. The fourth-order valence-corrected chi connectivity index (χ4v) is 1.20. The quantitative estimate of drug-likeness (QED) is 0.400. The number of hydrogen-bond donors (Lipinski definition) is 1. The first kappa shape index (κ1) is 16.8. The summed E-state index contributed by atoms with van der Waals surface area (Å²) in [5.41, 5.74) is 1.80. The maximum Gasteiger partial charge on any atom is 0.433 e. The van der Waals surface area contributed by atoms with Crippen molar-refractivity contribution in [1.29, 1.82) is 0 Å². The van der Waals surface area contributed by atoms with E-state index < -0.39 is 17.5 Å². The van der Waals surface area contributed by atoms with E-state index in [1.807, 2.05) is 0 Å². The van der Waals surface area contributed by atoms with Crippen molar-refractivity contribution in [3.63, 3.8) is 0 Å². The van der Waals surface area contributed by atoms with Gasteiger partial charge >= 0.3 is 6.09 Å². The second-order valence-corrected chi connectivity index (χ2v) is 5.07. The molecule has 21 heavy (non-hydrogen) atoms. The normalized spacial score (nSPS) is 11.3. The third-order valence-corrected chi connectivity index (χ3v) is 2.03. The van der Waals surface area contributed by atoms with Crippen LogP contribution < -0.4 is 5.43 Å². The zero-order valence-corrected chi connectivity index (χ0v) is 12.6. The summed E-state index contributed by atoms with van der Waals surface area (Å²) < 4.78 is 18.4. The smallest absolute Gasteiger partial charge is 0.433 e. The molecular formula is C12H15ClFN5O2. The maximum absolute atomic E-state index is 13.3. The van der Waals surface area contributed by atoms with Gasteiger partial charge < -0.3 is 4.74 Å². The van der Waals surface area contributed by atoms with Crippen molar-refractivity contribution < 1.29 is 13.9 Å². The Morgan fingerprint density at radius 1 is 1.62 bits per heavy atom. The molecule has 0 fully saturated rings. The van der Waals surface area contributed by atoms with Crippen LogP contribution in [0.25, 0.3) is 0 Å². The van der Waals surface area contributed by atoms with E-state index in [0.717, 1.165) is 17.5 Å². The Hall–Kier alpha value is -2.22. The van der Waals surface area contributed by atoms with Gasteiger partial charge in [-0.1, -0.05) is 6.58 Å². The first-order chi connectivity index (χ1) is 9.73. The number of ether oxygens (including phenoxy) is 1. The van der Waals surface area contributed by atoms with Gasteiger partial charge in [0.2, 0.25) is 5.28 Å². The number of hydrogen-bond acceptors (Lipinski definition) is 5. The summed E-state index contributed by atoms with van der Waals surface area (Å²) in [5.74, 6) is -1.02. The van der Waals surface area contributed by atoms with E-state index in [1.54, 1.807) is 20.8 Å². The number of carbonyl (C=O) groups excluding carboxylic acids is 1. The summed E-state index contributed by atoms with van der Waals surface area (Å²) >= 11 is 5.52. The number of carbonyl (C=O) groups is 1. The summed E-state index contributed by atoms with van der Waals surface area (Å²) in [6.07, 6.45) is 2.43. The van der Waals surface area contributed by atoms with E-state index in [9.17, 15) is 9.18 Å². The minimum Gasteiger partial charge on any atom is -0.442 e. The molecule has 0 aromatic carbocycles. The van der Waals surface area contributed by atoms with Gasteiger partial charge in [0.1, 0.15) is 11.9 Å². The van der Waals surface area contributed by atoms with Crippen molar-refractivity contribution in [1.82, 2.24) is 20.4 Å². The maximum atomic E-state index is 13.3. The summed E-state index contributed by atoms with van der Waals surface area (Å²) in [6, 6.07) is 0. The predicted octanol–water partition coefficient (Wildman–Crippen LogP) is 2.81. The highest BCUT2D eigenvalue weighted by Gasteiger charge is 2.20. The molecule has 0 aliphatic carbocycles. The number of amides is 1. The molecule has 9 heteroatoms. The van der Waals surface area contributed by atoms with Crippen LogP contribution in [0.2, 0.25) is 5.28 Å². The van der Waals surface area contributed by atoms with Crippen LogP contribution in [0, 0.1) is 5.82 Å². The van der Waals surface area contributed by atoms with Gasteiger partial charge in [-0.3, -0.25) is 5.43 Å². The van der Waals surface area contributed by atoms with Gasteiger partial charge in [-0.25, -0.2) is 19.2 Å². The molecule has 1 aromatic rings. The largest absolute Gasteiger partial charge is 0.442 e. The van der Waals surface area contributed by atoms with Gasteiger partial charge in [0.15, 0.2) is 11.6 Å². The molecule has 0 radical (unpaired) electrons. The summed E-state index contributed by atoms with van der Waals surface area (Å²) in [6.45, 7) is 8.61. The van der Waals surface area contributed by atoms with Gasteiger partial charge in [-0.15, -0.1) is 0 Å². The van der Waals surface area contributed by atoms with Crippen LogP contribution in [0.15, 0.2) is 24.0 Å². The summed E-state index contributed by atoms with van der Waals surface area (Å²) in [4.78, 5) is 22.5. The van der Waals surface area contributed by atoms with Crippen LogP contribution >= 0.6 is 11.6 Å². The molecule has 0 unspecified atom stereocenters. The standard InChI is InChI=1S/C12H15ClFN5O2/c1-5-19(11(20)21-12(2,3)4)17-7-16-9-8(14)6-15-10(13)18-9/h5-7H,1H2,2-4H3,(H,15,16,17,18). The number of rotatable bonds is 4. The topological polar surface area (TPSA) is 79.7 Å². The molecule has 1 amide bonds. The Kier molecular flexibility index (Phi) is 5.60. The Bertz CT molecular complexity index is 559. The van der Waals surface area contributed by atoms with Gasteiger partial charge in [0.25, 0.3) is 0 Å². The van der Waals surface area contributed by atoms with E-state index in [1.165, 1.54) is 6.20 Å². The number of halogens is 2. The SMILES string of the molecule is C=CN(NC=Nc1nc(Cl)ncc1F)C(=O)OC(C)(C)C. The lowest BCUT2D eigenvalue weighted by Crippen LogP contribution is -2.41. The highest BCUT2D eigenvalue weighted by Crippen LogP contribution is 2.14. The van der Waals surface area contributed by atoms with Gasteiger partial charge in [0.05, 0.1) is 6.20 Å². The van der Waals surface area contributed by atoms with E-state index >= 15 is 0 Å². The second kappa shape index (κ2) is 6.98. The Labute approximate surface area is 126 Å². The number of nitrogens with one attached hydrogen (secondary N) is 1. The summed E-state index contributed by atoms with van der Waals surface area (Å²) in [5, 5.41) is 0.798. The first-order valence-electron chi connectivity index (χ1n) is 5.84. The molecule has 0 aliphatic heterocycles. The van der Waals surface area contributed by atoms with Crippen LogP contribution in [0.4, 0.5) is 15.0 Å². The minimum atomic E-state index is -0.750. The second-order valence-electron chi connectivity index (χ2n) is 4.73. The van der Waals surface area contributed by atoms with Crippen LogP contribution in [0.1, 0.15) is 20.8 Å². The molecule has 0 aliphatic rings. The van der Waals surface area contributed by atoms with Crippen LogP contribution in [-0.4, -0.2) is 33.0 Å². The molecule has 1 heterocycles. The highest BCUT2D eigenvalue weighted by atomic mass is 35.5. The van der Waals surface area contributed by atoms with Crippen molar-refractivity contribution in [2.45, 2.75) is 26.4 Å². The van der Waals surface area contributed by atoms with Crippen molar-refractivity contribution in [2.75, 3.05) is 0 Å². The number of nitrogens with zero attached hydrogens (tertiary/aromatic N) is 4. The van der Waals surface area contributed by atoms with Crippen LogP contribution in [0.5, 0.6) is 0 Å². The van der Waals surface area contributed by atoms with E-state index in [-0.39, 0.29) is 11.1 Å². The fourth-order valence-electron chi connectivity index (χ4n) is 1.07. The molecule has 1 rings (SSSR count). The van der Waals surface area contributed by atoms with Gasteiger partial charge in [-0.2, -0.15) is 9.99 Å². The van der Waals surface area contributed by atoms with Crippen molar-refractivity contribution >= 4 is 29.9 Å². The van der Waals surface area contributed by atoms with E-state index in [2.05, 4.69) is 27.0 Å². The molecule has 0 saturated heterocycles.